The van der Waals surface area contributed by atoms with Crippen LogP contribution in [0.2, 0.25) is 5.02 Å². The molecular weight excluding hydrogens is 490 g/mol. The van der Waals surface area contributed by atoms with Crippen LogP contribution in [0.5, 0.6) is 0 Å². The van der Waals surface area contributed by atoms with Gasteiger partial charge in [0.1, 0.15) is 6.54 Å². The molecule has 0 atom stereocenters. The highest BCUT2D eigenvalue weighted by Crippen LogP contribution is 2.42. The number of hydrogen-bond donors (Lipinski definition) is 1. The van der Waals surface area contributed by atoms with Crippen LogP contribution in [-0.2, 0) is 16.1 Å². The van der Waals surface area contributed by atoms with Crippen LogP contribution >= 0.6 is 23.4 Å². The standard InChI is InChI=1S/C29H30ClN3O2S/c1-21(2)32(19-22-9-4-3-5-10-22)16-15-31-28(34)20-33-25-13-6-7-14-26(25)36-27(29(33)35)18-23-11-8-12-24(30)17-23/h3-14,17-18,21H,15-16,19-20H2,1-2H3,(H,31,34)/b27-18-. The van der Waals surface area contributed by atoms with Crippen molar-refractivity contribution in [2.24, 2.45) is 0 Å². The maximum atomic E-state index is 13.4. The van der Waals surface area contributed by atoms with E-state index in [1.165, 1.54) is 17.3 Å². The summed E-state index contributed by atoms with van der Waals surface area (Å²) in [6, 6.07) is 25.7. The third kappa shape index (κ3) is 6.78. The molecule has 1 N–H and O–H groups in total. The first-order chi connectivity index (χ1) is 17.4. The van der Waals surface area contributed by atoms with Gasteiger partial charge in [0.15, 0.2) is 0 Å². The summed E-state index contributed by atoms with van der Waals surface area (Å²) >= 11 is 7.54. The molecule has 1 heterocycles. The van der Waals surface area contributed by atoms with Gasteiger partial charge in [0.05, 0.1) is 10.6 Å². The minimum atomic E-state index is -0.193. The zero-order valence-electron chi connectivity index (χ0n) is 20.5. The third-order valence-electron chi connectivity index (χ3n) is 5.96. The quantitative estimate of drug-likeness (QED) is 0.360. The first-order valence-electron chi connectivity index (χ1n) is 12.0. The second-order valence-electron chi connectivity index (χ2n) is 8.92. The van der Waals surface area contributed by atoms with Crippen molar-refractivity contribution in [3.05, 3.63) is 99.9 Å². The van der Waals surface area contributed by atoms with Crippen LogP contribution < -0.4 is 10.2 Å². The van der Waals surface area contributed by atoms with E-state index in [1.54, 1.807) is 11.0 Å². The number of fused-ring (bicyclic) bond motifs is 1. The van der Waals surface area contributed by atoms with Crippen LogP contribution in [0.25, 0.3) is 6.08 Å². The predicted octanol–water partition coefficient (Wildman–Crippen LogP) is 5.85. The monoisotopic (exact) mass is 519 g/mol. The molecule has 0 spiro atoms. The molecule has 0 aliphatic carbocycles. The van der Waals surface area contributed by atoms with Crippen molar-refractivity contribution < 1.29 is 9.59 Å². The Morgan fingerprint density at radius 3 is 2.56 bits per heavy atom. The van der Waals surface area contributed by atoms with Crippen molar-refractivity contribution >= 4 is 46.9 Å². The van der Waals surface area contributed by atoms with E-state index in [9.17, 15) is 9.59 Å². The third-order valence-corrected chi connectivity index (χ3v) is 7.27. The van der Waals surface area contributed by atoms with Gasteiger partial charge in [0, 0.05) is 35.6 Å². The Kier molecular flexibility index (Phi) is 8.86. The number of nitrogens with zero attached hydrogens (tertiary/aromatic N) is 2. The molecule has 2 amide bonds. The maximum Gasteiger partial charge on any atom is 0.265 e. The highest BCUT2D eigenvalue weighted by Gasteiger charge is 2.30. The highest BCUT2D eigenvalue weighted by molar-refractivity contribution is 8.04. The number of hydrogen-bond acceptors (Lipinski definition) is 4. The summed E-state index contributed by atoms with van der Waals surface area (Å²) in [5, 5.41) is 3.61. The molecule has 3 aromatic rings. The first kappa shape index (κ1) is 26.0. The Morgan fingerprint density at radius 2 is 1.81 bits per heavy atom. The van der Waals surface area contributed by atoms with Gasteiger partial charge in [-0.25, -0.2) is 0 Å². The lowest BCUT2D eigenvalue weighted by Crippen LogP contribution is -2.45. The molecule has 5 nitrogen and oxygen atoms in total. The SMILES string of the molecule is CC(C)N(CCNC(=O)CN1C(=O)/C(=C/c2cccc(Cl)c2)Sc2ccccc21)Cc1ccccc1. The highest BCUT2D eigenvalue weighted by atomic mass is 35.5. The van der Waals surface area contributed by atoms with Gasteiger partial charge in [-0.3, -0.25) is 19.4 Å². The number of carbonyl (C=O) groups is 2. The average Bonchev–Trinajstić information content (AvgIpc) is 2.86. The van der Waals surface area contributed by atoms with E-state index < -0.39 is 0 Å². The molecule has 7 heteroatoms. The zero-order valence-corrected chi connectivity index (χ0v) is 22.1. The van der Waals surface area contributed by atoms with Crippen LogP contribution in [0.15, 0.2) is 88.7 Å². The van der Waals surface area contributed by atoms with Crippen LogP contribution in [0.1, 0.15) is 25.0 Å². The summed E-state index contributed by atoms with van der Waals surface area (Å²) < 4.78 is 0. The molecule has 0 bridgehead atoms. The molecule has 1 aliphatic rings. The van der Waals surface area contributed by atoms with Gasteiger partial charge < -0.3 is 5.32 Å². The van der Waals surface area contributed by atoms with Gasteiger partial charge in [0.2, 0.25) is 5.91 Å². The summed E-state index contributed by atoms with van der Waals surface area (Å²) in [5.74, 6) is -0.378. The van der Waals surface area contributed by atoms with E-state index in [4.69, 9.17) is 11.6 Å². The van der Waals surface area contributed by atoms with Gasteiger partial charge in [0.25, 0.3) is 5.91 Å². The number of carbonyl (C=O) groups excluding carboxylic acids is 2. The summed E-state index contributed by atoms with van der Waals surface area (Å²) in [5.41, 5.74) is 2.83. The number of para-hydroxylation sites is 1. The van der Waals surface area contributed by atoms with E-state index in [0.717, 1.165) is 29.2 Å². The van der Waals surface area contributed by atoms with Crippen LogP contribution in [0.4, 0.5) is 5.69 Å². The number of benzene rings is 3. The van der Waals surface area contributed by atoms with E-state index >= 15 is 0 Å². The van der Waals surface area contributed by atoms with Crippen molar-refractivity contribution in [2.45, 2.75) is 31.3 Å². The second-order valence-corrected chi connectivity index (χ2v) is 10.4. The Balaban J connectivity index is 1.42. The zero-order chi connectivity index (χ0) is 25.5. The molecule has 186 valence electrons. The van der Waals surface area contributed by atoms with Gasteiger partial charge in [-0.2, -0.15) is 0 Å². The fourth-order valence-corrected chi connectivity index (χ4v) is 5.30. The molecule has 36 heavy (non-hydrogen) atoms. The van der Waals surface area contributed by atoms with E-state index in [-0.39, 0.29) is 18.4 Å². The predicted molar refractivity (Wildman–Crippen MR) is 149 cm³/mol. The summed E-state index contributed by atoms with van der Waals surface area (Å²) in [4.78, 5) is 31.7. The second kappa shape index (κ2) is 12.3. The fraction of sp³-hybridized carbons (Fsp3) is 0.241. The van der Waals surface area contributed by atoms with Crippen LogP contribution in [0, 0.1) is 0 Å². The molecule has 0 saturated heterocycles. The molecule has 0 fully saturated rings. The minimum Gasteiger partial charge on any atom is -0.353 e. The summed E-state index contributed by atoms with van der Waals surface area (Å²) in [7, 11) is 0. The Hall–Kier alpha value is -3.06. The number of rotatable bonds is 9. The van der Waals surface area contributed by atoms with Gasteiger partial charge >= 0.3 is 0 Å². The van der Waals surface area contributed by atoms with Crippen molar-refractivity contribution in [3.8, 4) is 0 Å². The largest absolute Gasteiger partial charge is 0.353 e. The molecular formula is C29H30ClN3O2S. The minimum absolute atomic E-state index is 0.0380. The molecule has 4 rings (SSSR count). The van der Waals surface area contributed by atoms with Gasteiger partial charge in [-0.15, -0.1) is 0 Å². The van der Waals surface area contributed by atoms with Crippen LogP contribution in [0.3, 0.4) is 0 Å². The Labute approximate surface area is 222 Å². The van der Waals surface area contributed by atoms with Crippen molar-refractivity contribution in [2.75, 3.05) is 24.5 Å². The molecule has 0 aromatic heterocycles. The molecule has 3 aromatic carbocycles. The number of halogens is 1. The van der Waals surface area contributed by atoms with Gasteiger partial charge in [-0.05, 0) is 55.3 Å². The summed E-state index contributed by atoms with van der Waals surface area (Å²) in [6.45, 7) is 6.32. The number of amides is 2. The lowest BCUT2D eigenvalue weighted by molar-refractivity contribution is -0.122. The van der Waals surface area contributed by atoms with Gasteiger partial charge in [-0.1, -0.05) is 78.0 Å². The first-order valence-corrected chi connectivity index (χ1v) is 13.2. The fourth-order valence-electron chi connectivity index (χ4n) is 4.04. The van der Waals surface area contributed by atoms with E-state index in [1.807, 2.05) is 66.7 Å². The molecule has 1 aliphatic heterocycles. The smallest absolute Gasteiger partial charge is 0.265 e. The normalized spacial score (nSPS) is 14.4. The summed E-state index contributed by atoms with van der Waals surface area (Å²) in [6.07, 6.45) is 1.82. The lowest BCUT2D eigenvalue weighted by Gasteiger charge is -2.30. The van der Waals surface area contributed by atoms with Crippen molar-refractivity contribution in [3.63, 3.8) is 0 Å². The van der Waals surface area contributed by atoms with Crippen molar-refractivity contribution in [1.82, 2.24) is 10.2 Å². The number of anilines is 1. The molecule has 0 saturated carbocycles. The number of thioether (sulfide) groups is 1. The maximum absolute atomic E-state index is 13.4. The van der Waals surface area contributed by atoms with E-state index in [0.29, 0.717) is 22.5 Å². The number of nitrogens with one attached hydrogen (secondary N) is 1. The topological polar surface area (TPSA) is 52.7 Å². The Bertz CT molecular complexity index is 1250. The molecule has 0 radical (unpaired) electrons. The van der Waals surface area contributed by atoms with E-state index in [2.05, 4.69) is 36.2 Å². The molecule has 0 unspecified atom stereocenters. The lowest BCUT2D eigenvalue weighted by atomic mass is 10.2. The van der Waals surface area contributed by atoms with Crippen molar-refractivity contribution in [1.29, 1.82) is 0 Å². The average molecular weight is 520 g/mol. The Morgan fingerprint density at radius 1 is 1.06 bits per heavy atom. The van der Waals surface area contributed by atoms with Crippen LogP contribution in [-0.4, -0.2) is 42.4 Å².